The van der Waals surface area contributed by atoms with Gasteiger partial charge in [-0.15, -0.1) is 22.7 Å². The molecule has 2 aromatic heterocycles. The predicted octanol–water partition coefficient (Wildman–Crippen LogP) is 1.98. The van der Waals surface area contributed by atoms with E-state index in [0.29, 0.717) is 5.13 Å². The first-order valence-corrected chi connectivity index (χ1v) is 10.5. The maximum Gasteiger partial charge on any atom is 0.358 e. The molecule has 0 fully saturated rings. The molecule has 1 N–H and O–H groups in total. The number of nitrogens with zero attached hydrogens (tertiary/aromatic N) is 2. The topological polar surface area (TPSA) is 98.2 Å². The lowest BCUT2D eigenvalue weighted by Crippen LogP contribution is -2.16. The molecule has 0 spiro atoms. The van der Waals surface area contributed by atoms with Gasteiger partial charge in [0.2, 0.25) is 0 Å². The molecule has 0 saturated carbocycles. The van der Waals surface area contributed by atoms with E-state index < -0.39 is 16.0 Å². The van der Waals surface area contributed by atoms with Gasteiger partial charge in [-0.1, -0.05) is 0 Å². The summed E-state index contributed by atoms with van der Waals surface area (Å²) in [5, 5.41) is 0.316. The van der Waals surface area contributed by atoms with Crippen molar-refractivity contribution in [2.75, 3.05) is 17.6 Å². The van der Waals surface area contributed by atoms with Gasteiger partial charge in [-0.3, -0.25) is 4.72 Å². The number of ether oxygens (including phenoxy) is 1. The third kappa shape index (κ3) is 2.98. The minimum absolute atomic E-state index is 0.165. The number of fused-ring (bicyclic) bond motifs is 1. The third-order valence-electron chi connectivity index (χ3n) is 2.87. The van der Waals surface area contributed by atoms with E-state index in [1.807, 2.05) is 0 Å². The summed E-state index contributed by atoms with van der Waals surface area (Å²) in [6, 6.07) is 0. The minimum Gasteiger partial charge on any atom is -0.464 e. The number of thioether (sulfide) groups is 1. The van der Waals surface area contributed by atoms with Crippen LogP contribution in [0.15, 0.2) is 9.72 Å². The molecule has 3 rings (SSSR count). The predicted molar refractivity (Wildman–Crippen MR) is 86.2 cm³/mol. The van der Waals surface area contributed by atoms with Crippen LogP contribution in [0.3, 0.4) is 0 Å². The van der Waals surface area contributed by atoms with Gasteiger partial charge in [0.15, 0.2) is 15.0 Å². The Morgan fingerprint density at radius 1 is 1.45 bits per heavy atom. The van der Waals surface area contributed by atoms with Gasteiger partial charge in [-0.25, -0.2) is 23.2 Å². The SMILES string of the molecule is COC(=O)c1ncsc1S(=O)(=O)Nc1nc2c(s1)CSCC2. The van der Waals surface area contributed by atoms with E-state index in [0.717, 1.165) is 39.8 Å². The molecule has 1 aliphatic rings. The highest BCUT2D eigenvalue weighted by Crippen LogP contribution is 2.33. The minimum atomic E-state index is -3.91. The highest BCUT2D eigenvalue weighted by atomic mass is 32.2. The fourth-order valence-electron chi connectivity index (χ4n) is 1.89. The number of carbonyl (C=O) groups is 1. The normalized spacial score (nSPS) is 14.4. The molecule has 11 heteroatoms. The highest BCUT2D eigenvalue weighted by molar-refractivity contribution is 7.98. The van der Waals surface area contributed by atoms with Gasteiger partial charge in [0.25, 0.3) is 10.0 Å². The van der Waals surface area contributed by atoms with E-state index in [4.69, 9.17) is 0 Å². The van der Waals surface area contributed by atoms with Gasteiger partial charge in [0.1, 0.15) is 0 Å². The fraction of sp³-hybridized carbons (Fsp3) is 0.364. The number of aromatic nitrogens is 2. The summed E-state index contributed by atoms with van der Waals surface area (Å²) < 4.78 is 31.7. The second-order valence-corrected chi connectivity index (χ2v) is 9.20. The van der Waals surface area contributed by atoms with Crippen LogP contribution in [0.25, 0.3) is 0 Å². The van der Waals surface area contributed by atoms with E-state index in [9.17, 15) is 13.2 Å². The van der Waals surface area contributed by atoms with Crippen LogP contribution in [-0.4, -0.2) is 37.2 Å². The zero-order valence-electron chi connectivity index (χ0n) is 11.4. The lowest BCUT2D eigenvalue weighted by Gasteiger charge is -2.06. The molecule has 22 heavy (non-hydrogen) atoms. The number of carbonyl (C=O) groups excluding carboxylic acids is 1. The number of esters is 1. The molecular weight excluding hydrogens is 366 g/mol. The summed E-state index contributed by atoms with van der Waals surface area (Å²) in [7, 11) is -2.73. The zero-order chi connectivity index (χ0) is 15.7. The Morgan fingerprint density at radius 3 is 3.00 bits per heavy atom. The molecule has 1 aliphatic heterocycles. The zero-order valence-corrected chi connectivity index (χ0v) is 14.6. The maximum atomic E-state index is 12.4. The van der Waals surface area contributed by atoms with Crippen LogP contribution in [-0.2, 0) is 26.9 Å². The molecule has 7 nitrogen and oxygen atoms in total. The number of hydrogen-bond acceptors (Lipinski definition) is 9. The van der Waals surface area contributed by atoms with Crippen LogP contribution in [0.1, 0.15) is 21.1 Å². The smallest absolute Gasteiger partial charge is 0.358 e. The Labute approximate surface area is 139 Å². The summed E-state index contributed by atoms with van der Waals surface area (Å²) in [5.41, 5.74) is 2.03. The third-order valence-corrected chi connectivity index (χ3v) is 7.89. The Balaban J connectivity index is 1.89. The van der Waals surface area contributed by atoms with Crippen molar-refractivity contribution in [3.63, 3.8) is 0 Å². The van der Waals surface area contributed by atoms with E-state index in [1.165, 1.54) is 24.0 Å². The Morgan fingerprint density at radius 2 is 2.27 bits per heavy atom. The Bertz CT molecular complexity index is 788. The Hall–Kier alpha value is -1.17. The molecule has 118 valence electrons. The van der Waals surface area contributed by atoms with Crippen molar-refractivity contribution < 1.29 is 17.9 Å². The van der Waals surface area contributed by atoms with E-state index >= 15 is 0 Å². The van der Waals surface area contributed by atoms with Crippen molar-refractivity contribution in [1.29, 1.82) is 0 Å². The first kappa shape index (κ1) is 15.7. The summed E-state index contributed by atoms with van der Waals surface area (Å²) in [4.78, 5) is 20.7. The summed E-state index contributed by atoms with van der Waals surface area (Å²) in [6.45, 7) is 0. The van der Waals surface area contributed by atoms with Crippen molar-refractivity contribution in [3.05, 3.63) is 21.8 Å². The molecule has 0 radical (unpaired) electrons. The molecule has 0 atom stereocenters. The first-order valence-electron chi connectivity index (χ1n) is 6.12. The van der Waals surface area contributed by atoms with E-state index in [2.05, 4.69) is 19.4 Å². The molecule has 2 aromatic rings. The molecule has 0 bridgehead atoms. The lowest BCUT2D eigenvalue weighted by molar-refractivity contribution is 0.0590. The summed E-state index contributed by atoms with van der Waals surface area (Å²) in [5.74, 6) is 1.06. The van der Waals surface area contributed by atoms with Gasteiger partial charge in [-0.2, -0.15) is 11.8 Å². The van der Waals surface area contributed by atoms with Gasteiger partial charge >= 0.3 is 5.97 Å². The van der Waals surface area contributed by atoms with Crippen molar-refractivity contribution in [3.8, 4) is 0 Å². The largest absolute Gasteiger partial charge is 0.464 e. The molecule has 0 amide bonds. The van der Waals surface area contributed by atoms with Crippen LogP contribution in [0.2, 0.25) is 0 Å². The monoisotopic (exact) mass is 377 g/mol. The van der Waals surface area contributed by atoms with Crippen molar-refractivity contribution in [2.24, 2.45) is 0 Å². The fourth-order valence-corrected chi connectivity index (χ4v) is 6.38. The average molecular weight is 377 g/mol. The molecule has 0 unspecified atom stereocenters. The second kappa shape index (κ2) is 6.14. The number of methoxy groups -OCH3 is 1. The van der Waals surface area contributed by atoms with Crippen molar-refractivity contribution >= 4 is 55.6 Å². The molecule has 0 aromatic carbocycles. The molecule has 0 saturated heterocycles. The van der Waals surface area contributed by atoms with Gasteiger partial charge in [0.05, 0.1) is 18.3 Å². The molecule has 3 heterocycles. The van der Waals surface area contributed by atoms with Crippen LogP contribution in [0.4, 0.5) is 5.13 Å². The van der Waals surface area contributed by atoms with Crippen LogP contribution in [0, 0.1) is 0 Å². The van der Waals surface area contributed by atoms with E-state index in [-0.39, 0.29) is 9.90 Å². The van der Waals surface area contributed by atoms with Crippen LogP contribution in [0.5, 0.6) is 0 Å². The molecular formula is C11H11N3O4S4. The maximum absolute atomic E-state index is 12.4. The number of thiazole rings is 2. The van der Waals surface area contributed by atoms with Crippen molar-refractivity contribution in [1.82, 2.24) is 9.97 Å². The summed E-state index contributed by atoms with van der Waals surface area (Å²) >= 11 is 3.99. The molecule has 0 aliphatic carbocycles. The second-order valence-electron chi connectivity index (χ2n) is 4.28. The van der Waals surface area contributed by atoms with E-state index in [1.54, 1.807) is 11.8 Å². The van der Waals surface area contributed by atoms with Gasteiger partial charge < -0.3 is 4.74 Å². The number of anilines is 1. The number of sulfonamides is 1. The van der Waals surface area contributed by atoms with Crippen LogP contribution < -0.4 is 4.72 Å². The quantitative estimate of drug-likeness (QED) is 0.813. The highest BCUT2D eigenvalue weighted by Gasteiger charge is 2.28. The Kier molecular flexibility index (Phi) is 4.39. The average Bonchev–Trinajstić information content (AvgIpc) is 3.12. The number of hydrogen-bond donors (Lipinski definition) is 1. The number of aryl methyl sites for hydroxylation is 1. The number of rotatable bonds is 4. The van der Waals surface area contributed by atoms with Gasteiger partial charge in [0, 0.05) is 10.6 Å². The summed E-state index contributed by atoms with van der Waals surface area (Å²) in [6.07, 6.45) is 0.839. The van der Waals surface area contributed by atoms with Crippen molar-refractivity contribution in [2.45, 2.75) is 16.4 Å². The standard InChI is InChI=1S/C11H11N3O4S4/c1-18-9(15)8-10(20-5-12-8)22(16,17)14-11-13-6-2-3-19-4-7(6)21-11/h5H,2-4H2,1H3,(H,13,14). The first-order chi connectivity index (χ1) is 10.5. The van der Waals surface area contributed by atoms with Crippen LogP contribution >= 0.6 is 34.4 Å². The lowest BCUT2D eigenvalue weighted by atomic mass is 10.3. The number of nitrogens with one attached hydrogen (secondary N) is 1. The van der Waals surface area contributed by atoms with Gasteiger partial charge in [-0.05, 0) is 12.2 Å².